The molecule has 1 aromatic rings. The van der Waals surface area contributed by atoms with Crippen molar-refractivity contribution in [2.75, 3.05) is 20.6 Å². The van der Waals surface area contributed by atoms with Crippen molar-refractivity contribution in [2.45, 2.75) is 75.9 Å². The average molecular weight is 634 g/mol. The molecule has 2 unspecified atom stereocenters. The number of Topliss-reactive ketones (excluding diaryl/α,β-unsaturated/α-hetero) is 2. The van der Waals surface area contributed by atoms with Crippen molar-refractivity contribution < 1.29 is 48.0 Å². The predicted molar refractivity (Wildman–Crippen MR) is 155 cm³/mol. The minimum Gasteiger partial charge on any atom is -0.508 e. The van der Waals surface area contributed by atoms with Crippen molar-refractivity contribution in [2.24, 2.45) is 29.4 Å². The molecule has 0 saturated heterocycles. The van der Waals surface area contributed by atoms with Gasteiger partial charge in [-0.3, -0.25) is 24.2 Å². The summed E-state index contributed by atoms with van der Waals surface area (Å²) in [6, 6.07) is -0.202. The van der Waals surface area contributed by atoms with Gasteiger partial charge in [0.1, 0.15) is 22.8 Å². The van der Waals surface area contributed by atoms with Crippen molar-refractivity contribution in [1.29, 1.82) is 0 Å². The first kappa shape index (κ1) is 31.6. The maximum absolute atomic E-state index is 15.0. The zero-order valence-corrected chi connectivity index (χ0v) is 25.3. The fourth-order valence-electron chi connectivity index (χ4n) is 9.20. The summed E-state index contributed by atoms with van der Waals surface area (Å²) in [6.45, 7) is 2.35. The van der Waals surface area contributed by atoms with Gasteiger partial charge in [0.2, 0.25) is 5.78 Å². The number of nitrogens with zero attached hydrogens (tertiary/aromatic N) is 2. The summed E-state index contributed by atoms with van der Waals surface area (Å²) >= 11 is 0. The first-order valence-electron chi connectivity index (χ1n) is 15.4. The SMILES string of the molecule is CCN(Cc1cc(O)c2c(c1C(F)(F)F)C[C@H]1C[C@H]3[C@H](N(C)C)C(=O)C(C(N)=O)=C(O)[C@@]3(O)C(=O)C1=C2O)[C@H]1CC2CCC1C2. The Labute approximate surface area is 258 Å². The predicted octanol–water partition coefficient (Wildman–Crippen LogP) is 2.99. The third-order valence-corrected chi connectivity index (χ3v) is 11.0. The second kappa shape index (κ2) is 10.6. The van der Waals surface area contributed by atoms with E-state index in [4.69, 9.17) is 5.73 Å². The number of carbonyl (C=O) groups is 3. The lowest BCUT2D eigenvalue weighted by molar-refractivity contribution is -0.153. The second-order valence-electron chi connectivity index (χ2n) is 13.5. The Balaban J connectivity index is 1.49. The molecule has 1 aromatic carbocycles. The van der Waals surface area contributed by atoms with E-state index in [0.29, 0.717) is 18.4 Å². The van der Waals surface area contributed by atoms with Gasteiger partial charge in [0, 0.05) is 24.1 Å². The number of rotatable bonds is 6. The van der Waals surface area contributed by atoms with Crippen LogP contribution in [-0.2, 0) is 33.5 Å². The first-order chi connectivity index (χ1) is 21.0. The molecule has 3 fully saturated rings. The fourth-order valence-corrected chi connectivity index (χ4v) is 9.20. The smallest absolute Gasteiger partial charge is 0.417 e. The number of halogens is 3. The van der Waals surface area contributed by atoms with Crippen molar-refractivity contribution in [3.8, 4) is 5.75 Å². The molecular formula is C32H38F3N3O7. The van der Waals surface area contributed by atoms with Crippen LogP contribution in [0.1, 0.15) is 61.3 Å². The summed E-state index contributed by atoms with van der Waals surface area (Å²) in [6.07, 6.45) is -1.43. The van der Waals surface area contributed by atoms with Crippen molar-refractivity contribution in [3.05, 3.63) is 45.2 Å². The summed E-state index contributed by atoms with van der Waals surface area (Å²) in [7, 11) is 2.91. The number of fused-ring (bicyclic) bond motifs is 5. The summed E-state index contributed by atoms with van der Waals surface area (Å²) in [4.78, 5) is 42.8. The molecule has 13 heteroatoms. The van der Waals surface area contributed by atoms with Crippen molar-refractivity contribution >= 4 is 23.2 Å². The van der Waals surface area contributed by atoms with E-state index < -0.39 is 93.1 Å². The number of aromatic hydroxyl groups is 1. The third kappa shape index (κ3) is 4.52. The molecule has 6 rings (SSSR count). The number of benzene rings is 1. The van der Waals surface area contributed by atoms with Crippen LogP contribution in [0, 0.1) is 23.7 Å². The number of phenols is 1. The van der Waals surface area contributed by atoms with Crippen LogP contribution in [-0.4, -0.2) is 86.0 Å². The molecule has 1 amide bonds. The molecule has 0 heterocycles. The number of likely N-dealkylation sites (N-methyl/N-ethyl adjacent to an activating group) is 1. The quantitative estimate of drug-likeness (QED) is 0.296. The summed E-state index contributed by atoms with van der Waals surface area (Å²) in [5.41, 5.74) is -1.04. The lowest BCUT2D eigenvalue weighted by Gasteiger charge is -2.50. The molecular weight excluding hydrogens is 595 g/mol. The molecule has 0 aliphatic heterocycles. The van der Waals surface area contributed by atoms with Gasteiger partial charge in [0.05, 0.1) is 17.2 Å². The molecule has 244 valence electrons. The molecule has 0 radical (unpaired) electrons. The maximum atomic E-state index is 15.0. The highest BCUT2D eigenvalue weighted by atomic mass is 19.4. The summed E-state index contributed by atoms with van der Waals surface area (Å²) in [5, 5.41) is 45.2. The van der Waals surface area contributed by atoms with Crippen LogP contribution in [0.25, 0.3) is 5.76 Å². The van der Waals surface area contributed by atoms with Gasteiger partial charge in [-0.2, -0.15) is 13.2 Å². The standard InChI is InChI=1S/C32H38F3N3O7/c1-4-38(19-8-13-5-6-14(19)7-13)12-16-11-20(39)22-17(24(16)32(33,34)35)9-15-10-18-25(37(2)3)27(41)23(30(36)44)29(43)31(18,45)28(42)21(15)26(22)40/h11,13-15,18-19,25,39-40,43,45H,4-10,12H2,1-3H3,(H2,36,44)/t13?,14?,15-,18-,19-,25-,31-/m0/s1. The fraction of sp³-hybridized carbons (Fsp3) is 0.594. The number of phenolic OH excluding ortho intramolecular Hbond substituents is 1. The van der Waals surface area contributed by atoms with Crippen LogP contribution in [0.5, 0.6) is 5.75 Å². The number of aliphatic hydroxyl groups excluding tert-OH is 2. The van der Waals surface area contributed by atoms with Crippen molar-refractivity contribution in [1.82, 2.24) is 9.80 Å². The molecule has 5 aliphatic rings. The van der Waals surface area contributed by atoms with E-state index in [2.05, 4.69) is 0 Å². The van der Waals surface area contributed by atoms with E-state index in [1.165, 1.54) is 19.0 Å². The van der Waals surface area contributed by atoms with Gasteiger partial charge in [0.25, 0.3) is 5.91 Å². The Kier molecular flexibility index (Phi) is 7.41. The first-order valence-corrected chi connectivity index (χ1v) is 15.4. The number of hydrogen-bond acceptors (Lipinski definition) is 9. The molecule has 2 bridgehead atoms. The molecule has 3 saturated carbocycles. The Hall–Kier alpha value is -3.42. The van der Waals surface area contributed by atoms with E-state index in [1.54, 1.807) is 0 Å². The molecule has 7 atom stereocenters. The number of amides is 1. The minimum absolute atomic E-state index is 0.0604. The highest BCUT2D eigenvalue weighted by Gasteiger charge is 2.64. The van der Waals surface area contributed by atoms with Gasteiger partial charge in [0.15, 0.2) is 11.4 Å². The summed E-state index contributed by atoms with van der Waals surface area (Å²) in [5.74, 6) is -7.91. The monoisotopic (exact) mass is 633 g/mol. The highest BCUT2D eigenvalue weighted by Crippen LogP contribution is 2.55. The van der Waals surface area contributed by atoms with E-state index in [9.17, 15) is 48.0 Å². The number of alkyl halides is 3. The van der Waals surface area contributed by atoms with Crippen LogP contribution in [0.4, 0.5) is 13.2 Å². The third-order valence-electron chi connectivity index (χ3n) is 11.0. The van der Waals surface area contributed by atoms with Gasteiger partial charge in [-0.15, -0.1) is 0 Å². The number of hydrogen-bond donors (Lipinski definition) is 5. The van der Waals surface area contributed by atoms with Crippen LogP contribution >= 0.6 is 0 Å². The lowest BCUT2D eigenvalue weighted by atomic mass is 9.57. The zero-order valence-electron chi connectivity index (χ0n) is 25.3. The molecule has 6 N–H and O–H groups in total. The number of ketones is 2. The highest BCUT2D eigenvalue weighted by molar-refractivity contribution is 6.24. The van der Waals surface area contributed by atoms with Crippen LogP contribution < -0.4 is 5.73 Å². The zero-order chi connectivity index (χ0) is 32.9. The minimum atomic E-state index is -4.87. The molecule has 45 heavy (non-hydrogen) atoms. The Morgan fingerprint density at radius 3 is 2.33 bits per heavy atom. The molecule has 10 nitrogen and oxygen atoms in total. The van der Waals surface area contributed by atoms with E-state index >= 15 is 0 Å². The number of nitrogens with two attached hydrogens (primary N) is 1. The largest absolute Gasteiger partial charge is 0.508 e. The molecule has 0 spiro atoms. The van der Waals surface area contributed by atoms with Gasteiger partial charge >= 0.3 is 6.18 Å². The van der Waals surface area contributed by atoms with E-state index in [1.807, 2.05) is 11.8 Å². The van der Waals surface area contributed by atoms with Crippen molar-refractivity contribution in [3.63, 3.8) is 0 Å². The Morgan fingerprint density at radius 1 is 1.11 bits per heavy atom. The van der Waals surface area contributed by atoms with E-state index in [0.717, 1.165) is 31.7 Å². The number of carbonyl (C=O) groups excluding carboxylic acids is 3. The topological polar surface area (TPSA) is 165 Å². The van der Waals surface area contributed by atoms with Crippen LogP contribution in [0.2, 0.25) is 0 Å². The van der Waals surface area contributed by atoms with Gasteiger partial charge in [-0.1, -0.05) is 13.3 Å². The van der Waals surface area contributed by atoms with Gasteiger partial charge in [-0.05, 0) is 87.7 Å². The Bertz CT molecular complexity index is 1570. The van der Waals surface area contributed by atoms with Gasteiger partial charge in [-0.25, -0.2) is 0 Å². The molecule has 5 aliphatic carbocycles. The Morgan fingerprint density at radius 2 is 1.80 bits per heavy atom. The second-order valence-corrected chi connectivity index (χ2v) is 13.5. The number of aliphatic hydroxyl groups is 3. The molecule has 0 aromatic heterocycles. The normalized spacial score (nSPS) is 32.8. The average Bonchev–Trinajstić information content (AvgIpc) is 3.56. The lowest BCUT2D eigenvalue weighted by Crippen LogP contribution is -2.65. The van der Waals surface area contributed by atoms with E-state index in [-0.39, 0.29) is 30.1 Å². The van der Waals surface area contributed by atoms with Crippen LogP contribution in [0.15, 0.2) is 23.0 Å². The van der Waals surface area contributed by atoms with Gasteiger partial charge < -0.3 is 26.2 Å². The van der Waals surface area contributed by atoms with Crippen LogP contribution in [0.3, 0.4) is 0 Å². The summed E-state index contributed by atoms with van der Waals surface area (Å²) < 4.78 is 44.9. The maximum Gasteiger partial charge on any atom is 0.417 e. The number of primary amides is 1.